The number of pyridine rings is 1. The molecule has 1 heterocycles. The van der Waals surface area contributed by atoms with Crippen molar-refractivity contribution in [2.24, 2.45) is 0 Å². The van der Waals surface area contributed by atoms with E-state index in [9.17, 15) is 0 Å². The lowest BCUT2D eigenvalue weighted by atomic mass is 10.1. The predicted octanol–water partition coefficient (Wildman–Crippen LogP) is 3.46. The Balaban J connectivity index is 2.11. The first-order valence-electron chi connectivity index (χ1n) is 5.28. The molecular weight excluding hydrogens is 236 g/mol. The minimum Gasteiger partial charge on any atom is -0.484 e. The summed E-state index contributed by atoms with van der Waals surface area (Å²) in [4.78, 5) is 3.97. The van der Waals surface area contributed by atoms with Crippen LogP contribution in [0.3, 0.4) is 0 Å². The number of nitrogen functional groups attached to an aromatic ring is 1. The van der Waals surface area contributed by atoms with E-state index in [1.807, 2.05) is 31.2 Å². The number of nitrogens with zero attached hydrogens (tertiary/aromatic N) is 1. The zero-order valence-corrected chi connectivity index (χ0v) is 10.2. The summed E-state index contributed by atoms with van der Waals surface area (Å²) in [5.41, 5.74) is 7.43. The largest absolute Gasteiger partial charge is 0.484 e. The second kappa shape index (κ2) is 5.06. The average Bonchev–Trinajstić information content (AvgIpc) is 2.29. The van der Waals surface area contributed by atoms with Gasteiger partial charge in [0.25, 0.3) is 0 Å². The fraction of sp³-hybridized carbons (Fsp3) is 0.154. The van der Waals surface area contributed by atoms with E-state index in [2.05, 4.69) is 4.98 Å². The van der Waals surface area contributed by atoms with Crippen LogP contribution in [0.25, 0.3) is 0 Å². The maximum absolute atomic E-state index is 5.84. The van der Waals surface area contributed by atoms with Gasteiger partial charge in [0.05, 0.1) is 11.2 Å². The molecule has 0 amide bonds. The van der Waals surface area contributed by atoms with Crippen LogP contribution in [0.5, 0.6) is 5.75 Å². The zero-order valence-electron chi connectivity index (χ0n) is 9.43. The lowest BCUT2D eigenvalue weighted by Gasteiger charge is -2.15. The topological polar surface area (TPSA) is 48.1 Å². The molecule has 17 heavy (non-hydrogen) atoms. The summed E-state index contributed by atoms with van der Waals surface area (Å²) < 4.78 is 5.73. The Labute approximate surface area is 105 Å². The van der Waals surface area contributed by atoms with Gasteiger partial charge in [-0.1, -0.05) is 23.7 Å². The number of hydrogen-bond acceptors (Lipinski definition) is 3. The van der Waals surface area contributed by atoms with Crippen molar-refractivity contribution in [2.45, 2.75) is 13.0 Å². The molecule has 0 aliphatic heterocycles. The first kappa shape index (κ1) is 11.7. The smallest absolute Gasteiger partial charge is 0.139 e. The number of hydrogen-bond donors (Lipinski definition) is 1. The maximum atomic E-state index is 5.84. The zero-order chi connectivity index (χ0) is 12.3. The molecule has 0 radical (unpaired) electrons. The number of ether oxygens (including phenoxy) is 1. The summed E-state index contributed by atoms with van der Waals surface area (Å²) in [7, 11) is 0. The van der Waals surface area contributed by atoms with Crippen molar-refractivity contribution < 1.29 is 4.74 Å². The third kappa shape index (κ3) is 3.11. The van der Waals surface area contributed by atoms with E-state index in [-0.39, 0.29) is 6.10 Å². The van der Waals surface area contributed by atoms with Crippen molar-refractivity contribution >= 4 is 17.3 Å². The molecule has 1 unspecified atom stereocenters. The van der Waals surface area contributed by atoms with Gasteiger partial charge in [0.15, 0.2) is 0 Å². The van der Waals surface area contributed by atoms with Crippen molar-refractivity contribution in [1.82, 2.24) is 4.98 Å². The van der Waals surface area contributed by atoms with E-state index in [4.69, 9.17) is 22.1 Å². The highest BCUT2D eigenvalue weighted by atomic mass is 35.5. The Morgan fingerprint density at radius 1 is 1.24 bits per heavy atom. The lowest BCUT2D eigenvalue weighted by molar-refractivity contribution is 0.226. The summed E-state index contributed by atoms with van der Waals surface area (Å²) >= 11 is 5.84. The van der Waals surface area contributed by atoms with Crippen molar-refractivity contribution in [3.63, 3.8) is 0 Å². The molecule has 1 atom stereocenters. The van der Waals surface area contributed by atoms with Crippen LogP contribution in [-0.4, -0.2) is 4.98 Å². The highest BCUT2D eigenvalue weighted by molar-refractivity contribution is 6.30. The standard InChI is InChI=1S/C13H13ClN2O/c1-9(10-2-4-12(15)5-3-10)17-13-6-11(14)7-16-8-13/h2-9H,15H2,1H3. The van der Waals surface area contributed by atoms with Gasteiger partial charge in [0.1, 0.15) is 11.9 Å². The summed E-state index contributed by atoms with van der Waals surface area (Å²) in [5, 5.41) is 0.562. The summed E-state index contributed by atoms with van der Waals surface area (Å²) in [6, 6.07) is 9.33. The van der Waals surface area contributed by atoms with Gasteiger partial charge in [0, 0.05) is 18.0 Å². The molecule has 88 valence electrons. The average molecular weight is 249 g/mol. The normalized spacial score (nSPS) is 12.1. The predicted molar refractivity (Wildman–Crippen MR) is 69.1 cm³/mol. The van der Waals surface area contributed by atoms with Gasteiger partial charge >= 0.3 is 0 Å². The van der Waals surface area contributed by atoms with Crippen molar-refractivity contribution in [3.05, 3.63) is 53.3 Å². The summed E-state index contributed by atoms with van der Waals surface area (Å²) in [6.45, 7) is 1.96. The first-order valence-corrected chi connectivity index (χ1v) is 5.65. The van der Waals surface area contributed by atoms with Crippen LogP contribution in [0.15, 0.2) is 42.7 Å². The number of halogens is 1. The molecule has 0 aliphatic carbocycles. The van der Waals surface area contributed by atoms with E-state index in [0.717, 1.165) is 11.3 Å². The molecular formula is C13H13ClN2O. The Hall–Kier alpha value is -1.74. The van der Waals surface area contributed by atoms with Crippen LogP contribution in [0, 0.1) is 0 Å². The molecule has 1 aromatic heterocycles. The fourth-order valence-corrected chi connectivity index (χ4v) is 1.66. The number of benzene rings is 1. The first-order chi connectivity index (χ1) is 8.15. The third-order valence-electron chi connectivity index (χ3n) is 2.40. The second-order valence-corrected chi connectivity index (χ2v) is 4.20. The SMILES string of the molecule is CC(Oc1cncc(Cl)c1)c1ccc(N)cc1. The molecule has 0 spiro atoms. The quantitative estimate of drug-likeness (QED) is 0.847. The van der Waals surface area contributed by atoms with Crippen LogP contribution in [0.1, 0.15) is 18.6 Å². The molecule has 1 aromatic carbocycles. The van der Waals surface area contributed by atoms with Gasteiger partial charge in [0.2, 0.25) is 0 Å². The van der Waals surface area contributed by atoms with Crippen LogP contribution in [0.2, 0.25) is 5.02 Å². The molecule has 3 nitrogen and oxygen atoms in total. The van der Waals surface area contributed by atoms with Gasteiger partial charge in [-0.2, -0.15) is 0 Å². The highest BCUT2D eigenvalue weighted by Crippen LogP contribution is 2.23. The fourth-order valence-electron chi connectivity index (χ4n) is 1.50. The molecule has 0 saturated carbocycles. The maximum Gasteiger partial charge on any atom is 0.139 e. The van der Waals surface area contributed by atoms with E-state index >= 15 is 0 Å². The Morgan fingerprint density at radius 2 is 1.94 bits per heavy atom. The molecule has 2 rings (SSSR count). The Kier molecular flexibility index (Phi) is 3.49. The van der Waals surface area contributed by atoms with E-state index < -0.39 is 0 Å². The number of anilines is 1. The lowest BCUT2D eigenvalue weighted by Crippen LogP contribution is -2.03. The number of nitrogens with two attached hydrogens (primary N) is 1. The van der Waals surface area contributed by atoms with E-state index in [1.54, 1.807) is 18.5 Å². The molecule has 0 aliphatic rings. The number of rotatable bonds is 3. The van der Waals surface area contributed by atoms with Crippen LogP contribution >= 0.6 is 11.6 Å². The molecule has 4 heteroatoms. The van der Waals surface area contributed by atoms with E-state index in [0.29, 0.717) is 10.8 Å². The minimum absolute atomic E-state index is 0.0733. The van der Waals surface area contributed by atoms with Gasteiger partial charge < -0.3 is 10.5 Å². The van der Waals surface area contributed by atoms with Crippen molar-refractivity contribution in [1.29, 1.82) is 0 Å². The summed E-state index contributed by atoms with van der Waals surface area (Å²) in [6.07, 6.45) is 3.14. The van der Waals surface area contributed by atoms with Gasteiger partial charge in [-0.25, -0.2) is 0 Å². The van der Waals surface area contributed by atoms with Gasteiger partial charge in [-0.05, 0) is 24.6 Å². The molecule has 0 bridgehead atoms. The minimum atomic E-state index is -0.0733. The Morgan fingerprint density at radius 3 is 2.59 bits per heavy atom. The van der Waals surface area contributed by atoms with Crippen LogP contribution in [-0.2, 0) is 0 Å². The van der Waals surface area contributed by atoms with Crippen molar-refractivity contribution in [2.75, 3.05) is 5.73 Å². The Bertz CT molecular complexity index is 499. The number of aromatic nitrogens is 1. The monoisotopic (exact) mass is 248 g/mol. The van der Waals surface area contributed by atoms with Gasteiger partial charge in [-0.3, -0.25) is 4.98 Å². The van der Waals surface area contributed by atoms with Crippen molar-refractivity contribution in [3.8, 4) is 5.75 Å². The summed E-state index contributed by atoms with van der Waals surface area (Å²) in [5.74, 6) is 0.654. The van der Waals surface area contributed by atoms with Crippen LogP contribution < -0.4 is 10.5 Å². The third-order valence-corrected chi connectivity index (χ3v) is 2.61. The molecule has 0 saturated heterocycles. The highest BCUT2D eigenvalue weighted by Gasteiger charge is 2.07. The van der Waals surface area contributed by atoms with Crippen LogP contribution in [0.4, 0.5) is 5.69 Å². The van der Waals surface area contributed by atoms with Gasteiger partial charge in [-0.15, -0.1) is 0 Å². The molecule has 0 fully saturated rings. The molecule has 2 N–H and O–H groups in total. The molecule has 2 aromatic rings. The van der Waals surface area contributed by atoms with E-state index in [1.165, 1.54) is 0 Å². The second-order valence-electron chi connectivity index (χ2n) is 3.77.